The number of aromatic nitrogens is 1. The first-order chi connectivity index (χ1) is 7.24. The van der Waals surface area contributed by atoms with Crippen molar-refractivity contribution in [1.82, 2.24) is 10.3 Å². The number of halogens is 3. The predicted molar refractivity (Wildman–Crippen MR) is 77.1 cm³/mol. The molecule has 17 heavy (non-hydrogen) atoms. The van der Waals surface area contributed by atoms with Gasteiger partial charge in [0.2, 0.25) is 0 Å². The van der Waals surface area contributed by atoms with E-state index in [1.54, 1.807) is 18.5 Å². The van der Waals surface area contributed by atoms with Gasteiger partial charge < -0.3 is 11.1 Å². The summed E-state index contributed by atoms with van der Waals surface area (Å²) in [6.45, 7) is 1.32. The molecule has 4 nitrogen and oxygen atoms in total. The van der Waals surface area contributed by atoms with Gasteiger partial charge in [0.15, 0.2) is 0 Å². The summed E-state index contributed by atoms with van der Waals surface area (Å²) in [5.74, 6) is -0.0965. The Morgan fingerprint density at radius 1 is 1.35 bits per heavy atom. The van der Waals surface area contributed by atoms with Crippen LogP contribution in [-0.2, 0) is 0 Å². The maximum atomic E-state index is 11.6. The molecule has 1 aromatic rings. The zero-order chi connectivity index (χ0) is 11.1. The fraction of sp³-hybridized carbons (Fsp3) is 0.400. The molecule has 1 heterocycles. The molecule has 0 radical (unpaired) electrons. The van der Waals surface area contributed by atoms with Crippen LogP contribution >= 0.6 is 40.7 Å². The first kappa shape index (κ1) is 19.0. The van der Waals surface area contributed by atoms with E-state index < -0.39 is 0 Å². The van der Waals surface area contributed by atoms with Gasteiger partial charge in [-0.2, -0.15) is 0 Å². The predicted octanol–water partition coefficient (Wildman–Crippen LogP) is 2.16. The number of rotatable bonds is 5. The van der Waals surface area contributed by atoms with Gasteiger partial charge >= 0.3 is 0 Å². The molecule has 0 aromatic carbocycles. The molecule has 1 amide bonds. The van der Waals surface area contributed by atoms with E-state index in [9.17, 15) is 4.79 Å². The minimum Gasteiger partial charge on any atom is -0.352 e. The topological polar surface area (TPSA) is 68.0 Å². The molecule has 0 saturated carbocycles. The second-order valence-electron chi connectivity index (χ2n) is 3.14. The molecular formula is C10H16BrCl2N3O. The van der Waals surface area contributed by atoms with Crippen LogP contribution in [0.4, 0.5) is 0 Å². The van der Waals surface area contributed by atoms with Crippen LogP contribution in [0.25, 0.3) is 0 Å². The number of amides is 1. The zero-order valence-electron chi connectivity index (χ0n) is 9.19. The van der Waals surface area contributed by atoms with E-state index in [1.165, 1.54) is 0 Å². The van der Waals surface area contributed by atoms with E-state index in [1.807, 2.05) is 0 Å². The molecule has 3 N–H and O–H groups in total. The Morgan fingerprint density at radius 2 is 2.06 bits per heavy atom. The van der Waals surface area contributed by atoms with E-state index in [4.69, 9.17) is 5.73 Å². The Bertz CT molecular complexity index is 339. The van der Waals surface area contributed by atoms with E-state index >= 15 is 0 Å². The largest absolute Gasteiger partial charge is 0.352 e. The Morgan fingerprint density at radius 3 is 2.65 bits per heavy atom. The van der Waals surface area contributed by atoms with Gasteiger partial charge in [-0.25, -0.2) is 0 Å². The lowest BCUT2D eigenvalue weighted by atomic mass is 10.2. The molecule has 0 aliphatic heterocycles. The lowest BCUT2D eigenvalue weighted by Gasteiger charge is -2.04. The SMILES string of the molecule is Cl.Cl.NCCCCNC(=O)c1cncc(Br)c1. The van der Waals surface area contributed by atoms with Crippen LogP contribution in [-0.4, -0.2) is 24.0 Å². The van der Waals surface area contributed by atoms with Gasteiger partial charge in [0.25, 0.3) is 5.91 Å². The molecule has 0 aliphatic rings. The van der Waals surface area contributed by atoms with Crippen LogP contribution in [0.5, 0.6) is 0 Å². The summed E-state index contributed by atoms with van der Waals surface area (Å²) in [5, 5.41) is 2.81. The molecule has 0 unspecified atom stereocenters. The highest BCUT2D eigenvalue weighted by Crippen LogP contribution is 2.09. The highest BCUT2D eigenvalue weighted by molar-refractivity contribution is 9.10. The van der Waals surface area contributed by atoms with Gasteiger partial charge in [-0.15, -0.1) is 24.8 Å². The summed E-state index contributed by atoms with van der Waals surface area (Å²) in [5.41, 5.74) is 5.91. The van der Waals surface area contributed by atoms with Gasteiger partial charge in [-0.05, 0) is 41.4 Å². The fourth-order valence-electron chi connectivity index (χ4n) is 1.11. The molecule has 0 fully saturated rings. The molecular weight excluding hydrogens is 329 g/mol. The number of nitrogens with zero attached hydrogens (tertiary/aromatic N) is 1. The number of hydrogen-bond donors (Lipinski definition) is 2. The molecule has 0 spiro atoms. The Balaban J connectivity index is 0. The summed E-state index contributed by atoms with van der Waals surface area (Å²) in [7, 11) is 0. The van der Waals surface area contributed by atoms with E-state index in [2.05, 4.69) is 26.2 Å². The van der Waals surface area contributed by atoms with E-state index in [-0.39, 0.29) is 30.7 Å². The number of carbonyl (C=O) groups excluding carboxylic acids is 1. The van der Waals surface area contributed by atoms with Crippen molar-refractivity contribution in [2.24, 2.45) is 5.73 Å². The molecule has 0 atom stereocenters. The number of nitrogens with one attached hydrogen (secondary N) is 1. The third kappa shape index (κ3) is 7.54. The summed E-state index contributed by atoms with van der Waals surface area (Å²) in [6, 6.07) is 1.74. The highest BCUT2D eigenvalue weighted by atomic mass is 79.9. The smallest absolute Gasteiger partial charge is 0.252 e. The lowest BCUT2D eigenvalue weighted by molar-refractivity contribution is 0.0952. The number of carbonyl (C=O) groups is 1. The third-order valence-electron chi connectivity index (χ3n) is 1.88. The van der Waals surface area contributed by atoms with Gasteiger partial charge in [-0.1, -0.05) is 0 Å². The van der Waals surface area contributed by atoms with Gasteiger partial charge in [0.1, 0.15) is 0 Å². The molecule has 98 valence electrons. The monoisotopic (exact) mass is 343 g/mol. The van der Waals surface area contributed by atoms with Crippen molar-refractivity contribution < 1.29 is 4.79 Å². The number of nitrogens with two attached hydrogens (primary N) is 1. The van der Waals surface area contributed by atoms with Crippen LogP contribution in [0, 0.1) is 0 Å². The molecule has 0 bridgehead atoms. The minimum atomic E-state index is -0.0965. The summed E-state index contributed by atoms with van der Waals surface area (Å²) < 4.78 is 0.803. The molecule has 1 rings (SSSR count). The van der Waals surface area contributed by atoms with Crippen LogP contribution in [0.2, 0.25) is 0 Å². The average Bonchev–Trinajstić information content (AvgIpc) is 2.24. The lowest BCUT2D eigenvalue weighted by Crippen LogP contribution is -2.24. The van der Waals surface area contributed by atoms with Gasteiger partial charge in [-0.3, -0.25) is 9.78 Å². The Labute approximate surface area is 122 Å². The van der Waals surface area contributed by atoms with Crippen molar-refractivity contribution in [1.29, 1.82) is 0 Å². The zero-order valence-corrected chi connectivity index (χ0v) is 12.4. The van der Waals surface area contributed by atoms with Crippen molar-refractivity contribution in [3.8, 4) is 0 Å². The van der Waals surface area contributed by atoms with Crippen LogP contribution in [0.3, 0.4) is 0 Å². The first-order valence-corrected chi connectivity index (χ1v) is 5.62. The van der Waals surface area contributed by atoms with Crippen molar-refractivity contribution in [3.05, 3.63) is 28.5 Å². The first-order valence-electron chi connectivity index (χ1n) is 4.83. The van der Waals surface area contributed by atoms with E-state index in [0.717, 1.165) is 17.3 Å². The van der Waals surface area contributed by atoms with Crippen LogP contribution in [0.1, 0.15) is 23.2 Å². The van der Waals surface area contributed by atoms with Gasteiger partial charge in [0.05, 0.1) is 5.56 Å². The van der Waals surface area contributed by atoms with Crippen LogP contribution in [0.15, 0.2) is 22.9 Å². The van der Waals surface area contributed by atoms with Crippen molar-refractivity contribution >= 4 is 46.7 Å². The summed E-state index contributed by atoms with van der Waals surface area (Å²) in [6.07, 6.45) is 5.02. The Kier molecular flexibility index (Phi) is 12.0. The molecule has 7 heteroatoms. The molecule has 0 saturated heterocycles. The van der Waals surface area contributed by atoms with Crippen molar-refractivity contribution in [3.63, 3.8) is 0 Å². The second-order valence-corrected chi connectivity index (χ2v) is 4.06. The van der Waals surface area contributed by atoms with Crippen molar-refractivity contribution in [2.45, 2.75) is 12.8 Å². The van der Waals surface area contributed by atoms with E-state index in [0.29, 0.717) is 18.7 Å². The maximum absolute atomic E-state index is 11.6. The fourth-order valence-corrected chi connectivity index (χ4v) is 1.47. The summed E-state index contributed by atoms with van der Waals surface area (Å²) in [4.78, 5) is 15.5. The molecule has 1 aromatic heterocycles. The van der Waals surface area contributed by atoms with Crippen molar-refractivity contribution in [2.75, 3.05) is 13.1 Å². The normalized spacial score (nSPS) is 8.82. The second kappa shape index (κ2) is 10.8. The number of pyridine rings is 1. The summed E-state index contributed by atoms with van der Waals surface area (Å²) >= 11 is 3.26. The number of hydrogen-bond acceptors (Lipinski definition) is 3. The minimum absolute atomic E-state index is 0. The maximum Gasteiger partial charge on any atom is 0.252 e. The number of unbranched alkanes of at least 4 members (excludes halogenated alkanes) is 1. The van der Waals surface area contributed by atoms with Crippen LogP contribution < -0.4 is 11.1 Å². The standard InChI is InChI=1S/C10H14BrN3O.2ClH/c11-9-5-8(6-13-7-9)10(15)14-4-2-1-3-12;;/h5-7H,1-4,12H2,(H,14,15);2*1H. The average molecular weight is 345 g/mol. The third-order valence-corrected chi connectivity index (χ3v) is 2.32. The quantitative estimate of drug-likeness (QED) is 0.804. The van der Waals surface area contributed by atoms with Gasteiger partial charge in [0, 0.05) is 23.4 Å². The Hall–Kier alpha value is -0.360. The molecule has 0 aliphatic carbocycles. The highest BCUT2D eigenvalue weighted by Gasteiger charge is 2.04.